The van der Waals surface area contributed by atoms with Gasteiger partial charge in [-0.3, -0.25) is 9.59 Å². The minimum Gasteiger partial charge on any atom is -0.329 e. The Morgan fingerprint density at radius 3 is 2.82 bits per heavy atom. The number of rotatable bonds is 2. The van der Waals surface area contributed by atoms with Gasteiger partial charge in [0, 0.05) is 31.3 Å². The van der Waals surface area contributed by atoms with Gasteiger partial charge in [-0.1, -0.05) is 6.07 Å². The number of amides is 2. The Labute approximate surface area is 127 Å². The third-order valence-electron chi connectivity index (χ3n) is 3.66. The average molecular weight is 299 g/mol. The van der Waals surface area contributed by atoms with Crippen molar-refractivity contribution in [3.05, 3.63) is 41.5 Å². The highest BCUT2D eigenvalue weighted by atomic mass is 16.2. The van der Waals surface area contributed by atoms with Gasteiger partial charge >= 0.3 is 0 Å². The molecular weight excluding hydrogens is 282 g/mol. The van der Waals surface area contributed by atoms with Crippen LogP contribution < -0.4 is 5.32 Å². The second-order valence-corrected chi connectivity index (χ2v) is 5.30. The molecule has 0 bridgehead atoms. The summed E-state index contributed by atoms with van der Waals surface area (Å²) in [6.45, 7) is 5.11. The fraction of sp³-hybridized carbons (Fsp3) is 0.333. The molecule has 1 aliphatic heterocycles. The molecule has 0 aliphatic carbocycles. The molecule has 0 saturated heterocycles. The normalized spacial score (nSPS) is 13.6. The number of anilines is 1. The molecule has 0 saturated carbocycles. The second-order valence-electron chi connectivity index (χ2n) is 5.30. The lowest BCUT2D eigenvalue weighted by atomic mass is 10.1. The average Bonchev–Trinajstić information content (AvgIpc) is 2.87. The maximum atomic E-state index is 12.6. The molecule has 114 valence electrons. The summed E-state index contributed by atoms with van der Waals surface area (Å²) in [7, 11) is 0. The van der Waals surface area contributed by atoms with E-state index in [1.165, 1.54) is 6.92 Å². The van der Waals surface area contributed by atoms with Crippen molar-refractivity contribution in [3.63, 3.8) is 0 Å². The van der Waals surface area contributed by atoms with Crippen molar-refractivity contribution in [3.8, 4) is 0 Å². The van der Waals surface area contributed by atoms with E-state index in [0.29, 0.717) is 30.9 Å². The Balaban J connectivity index is 1.79. The first-order valence-electron chi connectivity index (χ1n) is 7.10. The van der Waals surface area contributed by atoms with Gasteiger partial charge in [-0.05, 0) is 25.1 Å². The first kappa shape index (κ1) is 14.2. The maximum absolute atomic E-state index is 12.6. The van der Waals surface area contributed by atoms with Crippen molar-refractivity contribution in [2.75, 3.05) is 11.9 Å². The molecule has 2 aromatic rings. The van der Waals surface area contributed by atoms with Gasteiger partial charge in [0.1, 0.15) is 5.82 Å². The zero-order chi connectivity index (χ0) is 15.7. The Hall–Kier alpha value is -2.70. The van der Waals surface area contributed by atoms with E-state index in [0.717, 1.165) is 11.6 Å². The van der Waals surface area contributed by atoms with Crippen molar-refractivity contribution in [2.24, 2.45) is 0 Å². The van der Waals surface area contributed by atoms with Crippen molar-refractivity contribution < 1.29 is 9.59 Å². The summed E-state index contributed by atoms with van der Waals surface area (Å²) in [5.41, 5.74) is 1.17. The number of aromatic nitrogens is 3. The molecule has 0 spiro atoms. The van der Waals surface area contributed by atoms with Crippen molar-refractivity contribution in [1.82, 2.24) is 19.7 Å². The molecule has 3 rings (SSSR count). The second kappa shape index (κ2) is 5.59. The first-order chi connectivity index (χ1) is 10.5. The molecule has 1 aromatic heterocycles. The molecule has 0 radical (unpaired) electrons. The van der Waals surface area contributed by atoms with Gasteiger partial charge in [-0.2, -0.15) is 0 Å². The van der Waals surface area contributed by atoms with Crippen LogP contribution in [0.25, 0.3) is 0 Å². The van der Waals surface area contributed by atoms with Gasteiger partial charge in [-0.15, -0.1) is 10.2 Å². The number of nitrogens with zero attached hydrogens (tertiary/aromatic N) is 4. The summed E-state index contributed by atoms with van der Waals surface area (Å²) in [6.07, 6.45) is 0. The highest BCUT2D eigenvalue weighted by Gasteiger charge is 2.24. The standard InChI is InChI=1S/C15H17N5O2/c1-10-17-18-14-9-19(6-7-20(10)14)15(22)12-4-3-5-13(8-12)16-11(2)21/h3-5,8H,6-7,9H2,1-2H3,(H,16,21). The summed E-state index contributed by atoms with van der Waals surface area (Å²) < 4.78 is 2.03. The Morgan fingerprint density at radius 1 is 1.23 bits per heavy atom. The van der Waals surface area contributed by atoms with Crippen LogP contribution in [0.3, 0.4) is 0 Å². The van der Waals surface area contributed by atoms with Gasteiger partial charge in [0.05, 0.1) is 6.54 Å². The highest BCUT2D eigenvalue weighted by molar-refractivity contribution is 5.96. The van der Waals surface area contributed by atoms with Crippen LogP contribution in [0.4, 0.5) is 5.69 Å². The lowest BCUT2D eigenvalue weighted by molar-refractivity contribution is -0.114. The van der Waals surface area contributed by atoms with Crippen LogP contribution in [-0.4, -0.2) is 38.0 Å². The zero-order valence-corrected chi connectivity index (χ0v) is 12.5. The predicted molar refractivity (Wildman–Crippen MR) is 80.2 cm³/mol. The molecule has 2 heterocycles. The number of carbonyl (C=O) groups excluding carboxylic acids is 2. The number of hydrogen-bond acceptors (Lipinski definition) is 4. The third kappa shape index (κ3) is 2.69. The van der Waals surface area contributed by atoms with Crippen molar-refractivity contribution >= 4 is 17.5 Å². The minimum absolute atomic E-state index is 0.0703. The molecular formula is C15H17N5O2. The minimum atomic E-state index is -0.161. The number of nitrogens with one attached hydrogen (secondary N) is 1. The van der Waals surface area contributed by atoms with E-state index in [-0.39, 0.29) is 11.8 Å². The first-order valence-corrected chi connectivity index (χ1v) is 7.10. The van der Waals surface area contributed by atoms with Gasteiger partial charge in [-0.25, -0.2) is 0 Å². The summed E-state index contributed by atoms with van der Waals surface area (Å²) in [4.78, 5) is 25.5. The molecule has 7 nitrogen and oxygen atoms in total. The monoisotopic (exact) mass is 299 g/mol. The molecule has 0 atom stereocenters. The SMILES string of the molecule is CC(=O)Nc1cccc(C(=O)N2CCn3c(C)nnc3C2)c1. The summed E-state index contributed by atoms with van der Waals surface area (Å²) in [5, 5.41) is 10.8. The summed E-state index contributed by atoms with van der Waals surface area (Å²) in [6, 6.07) is 6.95. The van der Waals surface area contributed by atoms with E-state index in [1.807, 2.05) is 11.5 Å². The van der Waals surface area contributed by atoms with Crippen LogP contribution in [0.2, 0.25) is 0 Å². The van der Waals surface area contributed by atoms with Crippen LogP contribution in [0.5, 0.6) is 0 Å². The van der Waals surface area contributed by atoms with Crippen molar-refractivity contribution in [1.29, 1.82) is 0 Å². The van der Waals surface area contributed by atoms with Crippen LogP contribution in [0.15, 0.2) is 24.3 Å². The fourth-order valence-corrected chi connectivity index (χ4v) is 2.59. The zero-order valence-electron chi connectivity index (χ0n) is 12.5. The van der Waals surface area contributed by atoms with Crippen molar-refractivity contribution in [2.45, 2.75) is 26.9 Å². The molecule has 2 amide bonds. The molecule has 0 fully saturated rings. The smallest absolute Gasteiger partial charge is 0.254 e. The van der Waals surface area contributed by atoms with E-state index >= 15 is 0 Å². The molecule has 1 aliphatic rings. The highest BCUT2D eigenvalue weighted by Crippen LogP contribution is 2.17. The van der Waals surface area contributed by atoms with Gasteiger partial charge in [0.25, 0.3) is 5.91 Å². The Kier molecular flexibility index (Phi) is 3.62. The van der Waals surface area contributed by atoms with E-state index in [9.17, 15) is 9.59 Å². The van der Waals surface area contributed by atoms with E-state index in [1.54, 1.807) is 29.2 Å². The lowest BCUT2D eigenvalue weighted by Crippen LogP contribution is -2.38. The number of carbonyl (C=O) groups is 2. The largest absolute Gasteiger partial charge is 0.329 e. The van der Waals surface area contributed by atoms with E-state index in [2.05, 4.69) is 15.5 Å². The lowest BCUT2D eigenvalue weighted by Gasteiger charge is -2.27. The number of benzene rings is 1. The van der Waals surface area contributed by atoms with Gasteiger partial charge < -0.3 is 14.8 Å². The number of fused-ring (bicyclic) bond motifs is 1. The topological polar surface area (TPSA) is 80.1 Å². The number of hydrogen-bond donors (Lipinski definition) is 1. The van der Waals surface area contributed by atoms with E-state index in [4.69, 9.17) is 0 Å². The number of aryl methyl sites for hydroxylation is 1. The Morgan fingerprint density at radius 2 is 2.05 bits per heavy atom. The molecule has 0 unspecified atom stereocenters. The fourth-order valence-electron chi connectivity index (χ4n) is 2.59. The Bertz CT molecular complexity index is 737. The summed E-state index contributed by atoms with van der Waals surface area (Å²) in [5.74, 6) is 1.44. The van der Waals surface area contributed by atoms with Gasteiger partial charge in [0.15, 0.2) is 5.82 Å². The quantitative estimate of drug-likeness (QED) is 0.903. The molecule has 1 aromatic carbocycles. The van der Waals surface area contributed by atoms with Crippen LogP contribution in [0, 0.1) is 6.92 Å². The van der Waals surface area contributed by atoms with Crippen LogP contribution in [-0.2, 0) is 17.9 Å². The molecule has 22 heavy (non-hydrogen) atoms. The summed E-state index contributed by atoms with van der Waals surface area (Å²) >= 11 is 0. The van der Waals surface area contributed by atoms with Crippen LogP contribution in [0.1, 0.15) is 28.9 Å². The molecule has 1 N–H and O–H groups in total. The van der Waals surface area contributed by atoms with E-state index < -0.39 is 0 Å². The predicted octanol–water partition coefficient (Wildman–Crippen LogP) is 1.20. The van der Waals surface area contributed by atoms with Crippen LogP contribution >= 0.6 is 0 Å². The van der Waals surface area contributed by atoms with Gasteiger partial charge in [0.2, 0.25) is 5.91 Å². The third-order valence-corrected chi connectivity index (χ3v) is 3.66. The maximum Gasteiger partial charge on any atom is 0.254 e. The molecule has 7 heteroatoms.